The van der Waals surface area contributed by atoms with Gasteiger partial charge in [0.2, 0.25) is 0 Å². The number of aliphatic hydroxyl groups excluding tert-OH is 2. The predicted octanol–water partition coefficient (Wildman–Crippen LogP) is 6.27. The van der Waals surface area contributed by atoms with Gasteiger partial charge < -0.3 is 19.7 Å². The van der Waals surface area contributed by atoms with Crippen molar-refractivity contribution in [3.63, 3.8) is 0 Å². The van der Waals surface area contributed by atoms with E-state index in [1.165, 1.54) is 0 Å². The van der Waals surface area contributed by atoms with Crippen molar-refractivity contribution in [2.75, 3.05) is 6.61 Å². The summed E-state index contributed by atoms with van der Waals surface area (Å²) < 4.78 is 11.2. The summed E-state index contributed by atoms with van der Waals surface area (Å²) in [4.78, 5) is 24.1. The molecule has 0 aromatic carbocycles. The van der Waals surface area contributed by atoms with Crippen molar-refractivity contribution >= 4 is 11.9 Å². The zero-order chi connectivity index (χ0) is 26.8. The van der Waals surface area contributed by atoms with E-state index in [9.17, 15) is 14.7 Å². The average Bonchev–Trinajstić information content (AvgIpc) is 3.34. The minimum absolute atomic E-state index is 0.0197. The largest absolute Gasteiger partial charge is 0.463 e. The lowest BCUT2D eigenvalue weighted by atomic mass is 9.79. The van der Waals surface area contributed by atoms with E-state index in [1.54, 1.807) is 0 Å². The minimum atomic E-state index is -0.204. The monoisotopic (exact) mass is 520 g/mol. The Morgan fingerprint density at radius 3 is 2.35 bits per heavy atom. The second-order valence-electron chi connectivity index (χ2n) is 12.4. The highest BCUT2D eigenvalue weighted by Gasteiger charge is 2.66. The van der Waals surface area contributed by atoms with Gasteiger partial charge in [-0.05, 0) is 75.5 Å². The number of ether oxygens (including phenoxy) is 2. The van der Waals surface area contributed by atoms with Gasteiger partial charge in [-0.25, -0.2) is 4.79 Å². The van der Waals surface area contributed by atoms with E-state index >= 15 is 0 Å². The first-order valence-electron chi connectivity index (χ1n) is 15.1. The molecule has 7 atom stereocenters. The fourth-order valence-corrected chi connectivity index (χ4v) is 6.99. The zero-order valence-electron chi connectivity index (χ0n) is 23.4. The van der Waals surface area contributed by atoms with Gasteiger partial charge in [-0.1, -0.05) is 64.9 Å². The van der Waals surface area contributed by atoms with E-state index in [4.69, 9.17) is 14.6 Å². The molecule has 1 unspecified atom stereocenters. The van der Waals surface area contributed by atoms with Crippen molar-refractivity contribution in [3.8, 4) is 0 Å². The molecule has 3 aliphatic rings. The molecule has 2 N–H and O–H groups in total. The third-order valence-corrected chi connectivity index (χ3v) is 9.47. The topological polar surface area (TPSA) is 93.1 Å². The van der Waals surface area contributed by atoms with Crippen LogP contribution in [0.15, 0.2) is 12.2 Å². The van der Waals surface area contributed by atoms with Gasteiger partial charge in [0.1, 0.15) is 6.10 Å². The van der Waals surface area contributed by atoms with Crippen LogP contribution in [0.3, 0.4) is 0 Å². The summed E-state index contributed by atoms with van der Waals surface area (Å²) >= 11 is 0. The SMILES string of the molecule is C=C1C(=O)O[C@@H]2C[C@]3(C)[C@@H](CC[C@@H](C)OC(=O)CCCCCCCCC(O)CCCCCCO)[C@@H]3C[C@H]12. The normalized spacial score (nSPS) is 29.8. The molecule has 6 nitrogen and oxygen atoms in total. The Balaban J connectivity index is 1.15. The van der Waals surface area contributed by atoms with Gasteiger partial charge in [0.25, 0.3) is 0 Å². The summed E-state index contributed by atoms with van der Waals surface area (Å²) in [6.07, 6.45) is 16.5. The molecule has 6 heteroatoms. The Labute approximate surface area is 224 Å². The maximum Gasteiger partial charge on any atom is 0.334 e. The molecular weight excluding hydrogens is 468 g/mol. The second-order valence-corrected chi connectivity index (χ2v) is 12.4. The highest BCUT2D eigenvalue weighted by Crippen LogP contribution is 2.70. The Bertz CT molecular complexity index is 750. The molecule has 3 rings (SSSR count). The number of hydrogen-bond acceptors (Lipinski definition) is 6. The first kappa shape index (κ1) is 30.1. The first-order chi connectivity index (χ1) is 17.8. The van der Waals surface area contributed by atoms with Crippen LogP contribution in [-0.2, 0) is 19.1 Å². The Morgan fingerprint density at radius 1 is 1.05 bits per heavy atom. The first-order valence-corrected chi connectivity index (χ1v) is 15.1. The van der Waals surface area contributed by atoms with E-state index in [2.05, 4.69) is 13.5 Å². The fraction of sp³-hybridized carbons (Fsp3) is 0.871. The summed E-state index contributed by atoms with van der Waals surface area (Å²) in [5, 5.41) is 18.8. The van der Waals surface area contributed by atoms with Gasteiger partial charge in [0.05, 0.1) is 12.2 Å². The number of carbonyl (C=O) groups is 2. The Morgan fingerprint density at radius 2 is 1.68 bits per heavy atom. The highest BCUT2D eigenvalue weighted by molar-refractivity contribution is 5.90. The van der Waals surface area contributed by atoms with Gasteiger partial charge in [-0.3, -0.25) is 4.79 Å². The number of esters is 2. The molecule has 2 saturated carbocycles. The lowest BCUT2D eigenvalue weighted by molar-refractivity contribution is -0.148. The molecule has 1 aliphatic heterocycles. The van der Waals surface area contributed by atoms with Crippen molar-refractivity contribution in [2.45, 2.75) is 141 Å². The highest BCUT2D eigenvalue weighted by atomic mass is 16.6. The van der Waals surface area contributed by atoms with E-state index in [0.717, 1.165) is 103 Å². The Hall–Kier alpha value is -1.40. The number of unbranched alkanes of at least 4 members (excludes halogenated alkanes) is 8. The minimum Gasteiger partial charge on any atom is -0.463 e. The van der Waals surface area contributed by atoms with E-state index in [0.29, 0.717) is 23.8 Å². The van der Waals surface area contributed by atoms with Gasteiger partial charge in [0, 0.05) is 24.5 Å². The van der Waals surface area contributed by atoms with Gasteiger partial charge in [-0.2, -0.15) is 0 Å². The summed E-state index contributed by atoms with van der Waals surface area (Å²) in [7, 11) is 0. The summed E-state index contributed by atoms with van der Waals surface area (Å²) in [6.45, 7) is 8.56. The second kappa shape index (κ2) is 14.7. The van der Waals surface area contributed by atoms with E-state index in [1.807, 2.05) is 6.92 Å². The van der Waals surface area contributed by atoms with Crippen molar-refractivity contribution < 1.29 is 29.3 Å². The molecule has 0 radical (unpaired) electrons. The van der Waals surface area contributed by atoms with Crippen LogP contribution in [0, 0.1) is 23.2 Å². The maximum absolute atomic E-state index is 12.3. The summed E-state index contributed by atoms with van der Waals surface area (Å²) in [6, 6.07) is 0. The lowest BCUT2D eigenvalue weighted by Gasteiger charge is -2.27. The van der Waals surface area contributed by atoms with E-state index < -0.39 is 0 Å². The van der Waals surface area contributed by atoms with E-state index in [-0.39, 0.29) is 48.2 Å². The summed E-state index contributed by atoms with van der Waals surface area (Å²) in [5.41, 5.74) is 0.921. The van der Waals surface area contributed by atoms with Crippen molar-refractivity contribution in [1.82, 2.24) is 0 Å². The van der Waals surface area contributed by atoms with Crippen LogP contribution in [0.5, 0.6) is 0 Å². The lowest BCUT2D eigenvalue weighted by Crippen LogP contribution is -2.26. The molecule has 0 spiro atoms. The zero-order valence-corrected chi connectivity index (χ0v) is 23.4. The quantitative estimate of drug-likeness (QED) is 0.118. The standard InChI is InChI=1S/C31H52O6/c1-22(17-18-26-27-20-25-23(2)30(35)37-28(25)21-31(26,27)3)36-29(34)16-12-7-5-4-6-10-14-24(33)15-11-8-9-13-19-32/h22,24-28,32-33H,2,4-21H2,1,3H3/t22-,24?,25-,26+,27+,28-,31-/m1/s1. The van der Waals surface area contributed by atoms with Crippen LogP contribution in [-0.4, -0.2) is 47.1 Å². The van der Waals surface area contributed by atoms with Crippen molar-refractivity contribution in [3.05, 3.63) is 12.2 Å². The fourth-order valence-electron chi connectivity index (χ4n) is 6.99. The van der Waals surface area contributed by atoms with Crippen LogP contribution in [0.2, 0.25) is 0 Å². The third kappa shape index (κ3) is 8.81. The molecule has 2 aliphatic carbocycles. The van der Waals surface area contributed by atoms with Crippen LogP contribution < -0.4 is 0 Å². The number of hydrogen-bond donors (Lipinski definition) is 2. The van der Waals surface area contributed by atoms with Crippen LogP contribution in [0.4, 0.5) is 0 Å². The summed E-state index contributed by atoms with van der Waals surface area (Å²) in [5.74, 6) is 1.18. The van der Waals surface area contributed by atoms with Crippen LogP contribution in [0.1, 0.15) is 123 Å². The molecule has 1 heterocycles. The third-order valence-electron chi connectivity index (χ3n) is 9.47. The number of carbonyl (C=O) groups excluding carboxylic acids is 2. The molecule has 0 aromatic heterocycles. The molecule has 212 valence electrons. The molecule has 3 fully saturated rings. The molecule has 37 heavy (non-hydrogen) atoms. The molecular formula is C31H52O6. The van der Waals surface area contributed by atoms with Crippen molar-refractivity contribution in [1.29, 1.82) is 0 Å². The maximum atomic E-state index is 12.3. The molecule has 0 aromatic rings. The number of aliphatic hydroxyl groups is 2. The van der Waals surface area contributed by atoms with Crippen molar-refractivity contribution in [2.24, 2.45) is 23.2 Å². The Kier molecular flexibility index (Phi) is 12.0. The number of fused-ring (bicyclic) bond motifs is 2. The van der Waals surface area contributed by atoms with Gasteiger partial charge in [-0.15, -0.1) is 0 Å². The van der Waals surface area contributed by atoms with Crippen LogP contribution in [0.25, 0.3) is 0 Å². The predicted molar refractivity (Wildman–Crippen MR) is 145 cm³/mol. The average molecular weight is 521 g/mol. The van der Waals surface area contributed by atoms with Gasteiger partial charge in [0.15, 0.2) is 0 Å². The number of rotatable bonds is 19. The molecule has 0 bridgehead atoms. The smallest absolute Gasteiger partial charge is 0.334 e. The molecule has 0 amide bonds. The van der Waals surface area contributed by atoms with Gasteiger partial charge >= 0.3 is 11.9 Å². The van der Waals surface area contributed by atoms with Crippen LogP contribution >= 0.6 is 0 Å². The molecule has 1 saturated heterocycles.